The Bertz CT molecular complexity index is 1140. The third kappa shape index (κ3) is 4.20. The Morgan fingerprint density at radius 2 is 1.77 bits per heavy atom. The number of rotatable bonds is 5. The molecule has 4 rings (SSSR count). The number of hydrogen-bond acceptors (Lipinski definition) is 3. The van der Waals surface area contributed by atoms with E-state index in [9.17, 15) is 14.0 Å². The van der Waals surface area contributed by atoms with Crippen LogP contribution in [0.25, 0.3) is 0 Å². The van der Waals surface area contributed by atoms with Crippen LogP contribution in [0, 0.1) is 23.1 Å². The minimum absolute atomic E-state index is 0.0449. The molecule has 10 heteroatoms. The Morgan fingerprint density at radius 1 is 1.10 bits per heavy atom. The van der Waals surface area contributed by atoms with E-state index < -0.39 is 39.3 Å². The van der Waals surface area contributed by atoms with E-state index in [0.717, 1.165) is 0 Å². The van der Waals surface area contributed by atoms with Gasteiger partial charge in [-0.05, 0) is 48.7 Å². The summed E-state index contributed by atoms with van der Waals surface area (Å²) in [6, 6.07) is 10.6. The van der Waals surface area contributed by atoms with Crippen LogP contribution in [0.2, 0.25) is 10.0 Å². The van der Waals surface area contributed by atoms with Crippen molar-refractivity contribution in [2.45, 2.75) is 28.6 Å². The molecule has 0 radical (unpaired) electrons. The summed E-state index contributed by atoms with van der Waals surface area (Å²) in [4.78, 5) is 25.3. The van der Waals surface area contributed by atoms with Crippen LogP contribution < -0.4 is 10.6 Å². The van der Waals surface area contributed by atoms with Gasteiger partial charge in [-0.15, -0.1) is 23.2 Å². The average molecular weight is 501 g/mol. The minimum atomic E-state index is -1.41. The van der Waals surface area contributed by atoms with E-state index in [-0.39, 0.29) is 15.6 Å². The fourth-order valence-corrected chi connectivity index (χ4v) is 4.59. The molecule has 0 saturated heterocycles. The van der Waals surface area contributed by atoms with Crippen LogP contribution in [0.3, 0.4) is 0 Å². The van der Waals surface area contributed by atoms with Gasteiger partial charge in [-0.3, -0.25) is 9.59 Å². The van der Waals surface area contributed by atoms with Crippen molar-refractivity contribution in [3.05, 3.63) is 63.4 Å². The molecule has 2 aromatic rings. The van der Waals surface area contributed by atoms with Crippen molar-refractivity contribution < 1.29 is 14.0 Å². The van der Waals surface area contributed by atoms with Gasteiger partial charge < -0.3 is 10.6 Å². The van der Waals surface area contributed by atoms with Gasteiger partial charge in [0.2, 0.25) is 5.91 Å². The van der Waals surface area contributed by atoms with Crippen molar-refractivity contribution in [3.8, 4) is 6.07 Å². The highest BCUT2D eigenvalue weighted by Crippen LogP contribution is 2.65. The summed E-state index contributed by atoms with van der Waals surface area (Å²) in [7, 11) is 0. The summed E-state index contributed by atoms with van der Waals surface area (Å²) in [6.45, 7) is 0. The number of nitrogens with one attached hydrogen (secondary N) is 2. The number of nitriles is 1. The predicted octanol–water partition coefficient (Wildman–Crippen LogP) is 5.44. The highest BCUT2D eigenvalue weighted by molar-refractivity contribution is 6.53. The van der Waals surface area contributed by atoms with Gasteiger partial charge in [-0.1, -0.05) is 29.3 Å². The molecule has 160 valence electrons. The normalized spacial score (nSPS) is 22.2. The first kappa shape index (κ1) is 22.2. The summed E-state index contributed by atoms with van der Waals surface area (Å²) in [5.74, 6) is -3.09. The molecule has 0 bridgehead atoms. The van der Waals surface area contributed by atoms with Crippen LogP contribution in [-0.2, 0) is 4.79 Å². The molecule has 31 heavy (non-hydrogen) atoms. The van der Waals surface area contributed by atoms with Gasteiger partial charge in [0, 0.05) is 11.6 Å². The van der Waals surface area contributed by atoms with E-state index in [4.69, 9.17) is 51.7 Å². The Hall–Kier alpha value is -2.04. The molecule has 0 heterocycles. The first-order chi connectivity index (χ1) is 14.6. The molecule has 2 aliphatic carbocycles. The fraction of sp³-hybridized carbons (Fsp3) is 0.286. The van der Waals surface area contributed by atoms with Crippen molar-refractivity contribution >= 4 is 63.9 Å². The van der Waals surface area contributed by atoms with Crippen LogP contribution >= 0.6 is 46.4 Å². The fourth-order valence-electron chi connectivity index (χ4n) is 3.44. The topological polar surface area (TPSA) is 82.0 Å². The van der Waals surface area contributed by atoms with Gasteiger partial charge in [-0.2, -0.15) is 5.26 Å². The van der Waals surface area contributed by atoms with E-state index in [1.807, 2.05) is 0 Å². The molecule has 0 spiro atoms. The molecule has 0 aromatic heterocycles. The number of hydrogen-bond donors (Lipinski definition) is 2. The highest BCUT2D eigenvalue weighted by atomic mass is 35.5. The molecule has 2 amide bonds. The van der Waals surface area contributed by atoms with E-state index in [0.29, 0.717) is 24.1 Å². The molecular weight excluding hydrogens is 487 g/mol. The number of nitrogens with zero attached hydrogens (tertiary/aromatic N) is 1. The summed E-state index contributed by atoms with van der Waals surface area (Å²) >= 11 is 24.4. The van der Waals surface area contributed by atoms with Crippen molar-refractivity contribution in [1.82, 2.24) is 5.32 Å². The van der Waals surface area contributed by atoms with Crippen molar-refractivity contribution in [3.63, 3.8) is 0 Å². The smallest absolute Gasteiger partial charge is 0.254 e. The zero-order chi connectivity index (χ0) is 22.6. The first-order valence-electron chi connectivity index (χ1n) is 9.25. The maximum atomic E-state index is 13.8. The lowest BCUT2D eigenvalue weighted by Gasteiger charge is -2.12. The SMILES string of the molecule is N#CC1(NC(=O)c2cc(NC(=O)C3C(c4ccc(Cl)c(F)c4)C3(Cl)Cl)ccc2Cl)CC1. The Kier molecular flexibility index (Phi) is 5.60. The van der Waals surface area contributed by atoms with Gasteiger partial charge in [-0.25, -0.2) is 4.39 Å². The second-order valence-electron chi connectivity index (χ2n) is 7.64. The Balaban J connectivity index is 1.50. The zero-order valence-electron chi connectivity index (χ0n) is 15.7. The lowest BCUT2D eigenvalue weighted by Crippen LogP contribution is -2.35. The summed E-state index contributed by atoms with van der Waals surface area (Å²) in [5.41, 5.74) is 0.0232. The molecule has 2 fully saturated rings. The number of carbonyl (C=O) groups is 2. The molecule has 2 aromatic carbocycles. The zero-order valence-corrected chi connectivity index (χ0v) is 18.7. The molecule has 2 atom stereocenters. The molecule has 5 nitrogen and oxygen atoms in total. The highest BCUT2D eigenvalue weighted by Gasteiger charge is 2.67. The van der Waals surface area contributed by atoms with Crippen LogP contribution in [0.1, 0.15) is 34.7 Å². The Morgan fingerprint density at radius 3 is 2.39 bits per heavy atom. The van der Waals surface area contributed by atoms with Crippen molar-refractivity contribution in [2.75, 3.05) is 5.32 Å². The van der Waals surface area contributed by atoms with Crippen LogP contribution in [0.4, 0.5) is 10.1 Å². The quantitative estimate of drug-likeness (QED) is 0.536. The summed E-state index contributed by atoms with van der Waals surface area (Å²) in [5, 5.41) is 14.6. The second kappa shape index (κ2) is 7.83. The van der Waals surface area contributed by atoms with E-state index >= 15 is 0 Å². The predicted molar refractivity (Wildman–Crippen MR) is 117 cm³/mol. The molecule has 0 aliphatic heterocycles. The van der Waals surface area contributed by atoms with E-state index in [1.54, 1.807) is 6.07 Å². The molecule has 2 unspecified atom stereocenters. The maximum Gasteiger partial charge on any atom is 0.254 e. The summed E-state index contributed by atoms with van der Waals surface area (Å²) in [6.07, 6.45) is 1.15. The lowest BCUT2D eigenvalue weighted by atomic mass is 10.1. The number of benzene rings is 2. The van der Waals surface area contributed by atoms with Crippen LogP contribution in [0.5, 0.6) is 0 Å². The third-order valence-electron chi connectivity index (χ3n) is 5.43. The largest absolute Gasteiger partial charge is 0.334 e. The monoisotopic (exact) mass is 499 g/mol. The standard InChI is InChI=1S/C21H14Cl4FN3O2/c22-13-4-2-11(8-12(13)18(30)29-20(9-27)5-6-20)28-19(31)17-16(21(17,24)25)10-1-3-14(23)15(26)7-10/h1-4,7-8,16-17H,5-6H2,(H,28,31)(H,29,30). The first-order valence-corrected chi connectivity index (χ1v) is 10.8. The number of alkyl halides is 2. The van der Waals surface area contributed by atoms with Gasteiger partial charge in [0.05, 0.1) is 27.6 Å². The number of carbonyl (C=O) groups excluding carboxylic acids is 2. The van der Waals surface area contributed by atoms with Crippen LogP contribution in [-0.4, -0.2) is 21.7 Å². The third-order valence-corrected chi connectivity index (χ3v) is 7.01. The second-order valence-corrected chi connectivity index (χ2v) is 9.89. The van der Waals surface area contributed by atoms with Crippen molar-refractivity contribution in [1.29, 1.82) is 5.26 Å². The molecule has 2 saturated carbocycles. The van der Waals surface area contributed by atoms with Gasteiger partial charge in [0.15, 0.2) is 0 Å². The van der Waals surface area contributed by atoms with Gasteiger partial charge in [0.25, 0.3) is 5.91 Å². The number of amides is 2. The lowest BCUT2D eigenvalue weighted by molar-refractivity contribution is -0.117. The number of anilines is 1. The average Bonchev–Trinajstić information content (AvgIpc) is 3.60. The number of halogens is 5. The van der Waals surface area contributed by atoms with Gasteiger partial charge >= 0.3 is 0 Å². The van der Waals surface area contributed by atoms with E-state index in [1.165, 1.54) is 30.3 Å². The minimum Gasteiger partial charge on any atom is -0.334 e. The van der Waals surface area contributed by atoms with Crippen LogP contribution in [0.15, 0.2) is 36.4 Å². The maximum absolute atomic E-state index is 13.8. The van der Waals surface area contributed by atoms with E-state index in [2.05, 4.69) is 16.7 Å². The van der Waals surface area contributed by atoms with Crippen molar-refractivity contribution in [2.24, 2.45) is 5.92 Å². The Labute approximate surface area is 197 Å². The summed E-state index contributed by atoms with van der Waals surface area (Å²) < 4.78 is 12.4. The molecule has 2 aliphatic rings. The van der Waals surface area contributed by atoms with Gasteiger partial charge in [0.1, 0.15) is 15.7 Å². The molecular formula is C21H14Cl4FN3O2. The molecule has 2 N–H and O–H groups in total.